The summed E-state index contributed by atoms with van der Waals surface area (Å²) >= 11 is 0. The van der Waals surface area contributed by atoms with E-state index in [2.05, 4.69) is 5.16 Å². The highest BCUT2D eigenvalue weighted by Crippen LogP contribution is 2.22. The van der Waals surface area contributed by atoms with Crippen LogP contribution in [0.4, 0.5) is 0 Å². The van der Waals surface area contributed by atoms with E-state index in [1.165, 1.54) is 0 Å². The number of nitrogens with zero attached hydrogens (tertiary/aromatic N) is 2. The van der Waals surface area contributed by atoms with Gasteiger partial charge in [-0.15, -0.1) is 0 Å². The Labute approximate surface area is 151 Å². The average Bonchev–Trinajstić information content (AvgIpc) is 3.03. The third-order valence-electron chi connectivity index (χ3n) is 3.96. The molecule has 6 nitrogen and oxygen atoms in total. The number of hydrogen-bond donors (Lipinski definition) is 1. The van der Waals surface area contributed by atoms with Crippen LogP contribution in [0.3, 0.4) is 0 Å². The van der Waals surface area contributed by atoms with Crippen molar-refractivity contribution < 1.29 is 19.6 Å². The van der Waals surface area contributed by atoms with Crippen LogP contribution in [0.25, 0.3) is 10.9 Å². The summed E-state index contributed by atoms with van der Waals surface area (Å²) in [4.78, 5) is 17.8. The van der Waals surface area contributed by atoms with E-state index < -0.39 is 5.97 Å². The summed E-state index contributed by atoms with van der Waals surface area (Å²) in [6.45, 7) is 2.34. The lowest BCUT2D eigenvalue weighted by Gasteiger charge is -2.08. The highest BCUT2D eigenvalue weighted by atomic mass is 16.7. The van der Waals surface area contributed by atoms with E-state index in [0.29, 0.717) is 6.61 Å². The van der Waals surface area contributed by atoms with Crippen LogP contribution in [0, 0.1) is 0 Å². The third kappa shape index (κ3) is 3.85. The van der Waals surface area contributed by atoms with Crippen LogP contribution in [-0.4, -0.2) is 28.2 Å². The Morgan fingerprint density at radius 2 is 1.85 bits per heavy atom. The van der Waals surface area contributed by atoms with Gasteiger partial charge in [-0.05, 0) is 24.1 Å². The Morgan fingerprint density at radius 3 is 2.58 bits per heavy atom. The van der Waals surface area contributed by atoms with Crippen molar-refractivity contribution in [3.05, 3.63) is 71.9 Å². The molecule has 0 amide bonds. The fourth-order valence-electron chi connectivity index (χ4n) is 2.73. The van der Waals surface area contributed by atoms with Crippen LogP contribution in [0.15, 0.2) is 65.9 Å². The molecule has 0 radical (unpaired) electrons. The van der Waals surface area contributed by atoms with Gasteiger partial charge in [0.2, 0.25) is 0 Å². The molecule has 0 spiro atoms. The Kier molecular flexibility index (Phi) is 5.53. The average molecular weight is 352 g/mol. The number of hydrogen-bond acceptors (Lipinski definition) is 5. The third-order valence-corrected chi connectivity index (χ3v) is 3.96. The molecule has 0 bridgehead atoms. The van der Waals surface area contributed by atoms with Crippen molar-refractivity contribution in [3.63, 3.8) is 0 Å². The number of ether oxygens (including phenoxy) is 1. The Hall–Kier alpha value is -3.28. The minimum Gasteiger partial charge on any atom is -0.461 e. The number of fused-ring (bicyclic) bond motifs is 1. The van der Waals surface area contributed by atoms with Crippen molar-refractivity contribution in [2.24, 2.45) is 5.16 Å². The predicted molar refractivity (Wildman–Crippen MR) is 98.2 cm³/mol. The van der Waals surface area contributed by atoms with Crippen LogP contribution in [0.2, 0.25) is 0 Å². The highest BCUT2D eigenvalue weighted by molar-refractivity contribution is 6.37. The molecule has 3 aromatic rings. The Morgan fingerprint density at radius 1 is 1.12 bits per heavy atom. The van der Waals surface area contributed by atoms with Gasteiger partial charge in [0.05, 0.1) is 12.1 Å². The molecule has 1 aromatic heterocycles. The van der Waals surface area contributed by atoms with Gasteiger partial charge >= 0.3 is 5.97 Å². The standard InChI is InChI=1S/C20H20N2O4/c1-2-25-20(23)18(21-24)12-16-13-22(19-11-7-6-10-17(16)19)26-14-15-8-4-3-5-9-15/h3-11,13,24H,2,12,14H2,1H3/b21-18+. The van der Waals surface area contributed by atoms with Crippen LogP contribution in [0.1, 0.15) is 18.1 Å². The summed E-state index contributed by atoms with van der Waals surface area (Å²) < 4.78 is 6.60. The number of para-hydroxylation sites is 1. The second-order valence-electron chi connectivity index (χ2n) is 5.70. The number of esters is 1. The van der Waals surface area contributed by atoms with Gasteiger partial charge in [-0.25, -0.2) is 4.79 Å². The quantitative estimate of drug-likeness (QED) is 0.307. The van der Waals surface area contributed by atoms with E-state index in [-0.39, 0.29) is 18.7 Å². The summed E-state index contributed by atoms with van der Waals surface area (Å²) in [7, 11) is 0. The van der Waals surface area contributed by atoms with Gasteiger partial charge in [0.1, 0.15) is 6.61 Å². The van der Waals surface area contributed by atoms with Gasteiger partial charge in [0, 0.05) is 18.0 Å². The Bertz CT molecular complexity index is 916. The van der Waals surface area contributed by atoms with Crippen molar-refractivity contribution in [2.45, 2.75) is 20.0 Å². The zero-order valence-electron chi connectivity index (χ0n) is 14.5. The number of carbonyl (C=O) groups excluding carboxylic acids is 1. The molecule has 0 saturated heterocycles. The van der Waals surface area contributed by atoms with Crippen LogP contribution in [-0.2, 0) is 22.6 Å². The lowest BCUT2D eigenvalue weighted by atomic mass is 10.1. The van der Waals surface area contributed by atoms with Crippen molar-refractivity contribution >= 4 is 22.6 Å². The van der Waals surface area contributed by atoms with Crippen molar-refractivity contribution in [1.82, 2.24) is 4.73 Å². The SMILES string of the molecule is CCOC(=O)/C(Cc1cn(OCc2ccccc2)c2ccccc12)=N/O. The smallest absolute Gasteiger partial charge is 0.356 e. The lowest BCUT2D eigenvalue weighted by Crippen LogP contribution is -2.20. The van der Waals surface area contributed by atoms with E-state index in [4.69, 9.17) is 14.8 Å². The first-order chi connectivity index (χ1) is 12.7. The topological polar surface area (TPSA) is 73.0 Å². The molecule has 6 heteroatoms. The summed E-state index contributed by atoms with van der Waals surface area (Å²) in [5, 5.41) is 13.2. The van der Waals surface area contributed by atoms with E-state index in [1.54, 1.807) is 17.9 Å². The van der Waals surface area contributed by atoms with Gasteiger partial charge in [-0.1, -0.05) is 53.7 Å². The van der Waals surface area contributed by atoms with E-state index in [9.17, 15) is 4.79 Å². The van der Waals surface area contributed by atoms with Gasteiger partial charge in [-0.2, -0.15) is 4.73 Å². The number of benzene rings is 2. The van der Waals surface area contributed by atoms with Gasteiger partial charge in [0.25, 0.3) is 0 Å². The molecular formula is C20H20N2O4. The number of carbonyl (C=O) groups is 1. The van der Waals surface area contributed by atoms with Gasteiger partial charge in [0.15, 0.2) is 5.71 Å². The van der Waals surface area contributed by atoms with Crippen molar-refractivity contribution in [3.8, 4) is 0 Å². The molecule has 26 heavy (non-hydrogen) atoms. The minimum absolute atomic E-state index is 0.0437. The molecule has 0 fully saturated rings. The zero-order valence-corrected chi connectivity index (χ0v) is 14.5. The summed E-state index contributed by atoms with van der Waals surface area (Å²) in [6.07, 6.45) is 1.95. The first kappa shape index (κ1) is 17.5. The fraction of sp³-hybridized carbons (Fsp3) is 0.200. The van der Waals surface area contributed by atoms with E-state index in [0.717, 1.165) is 22.0 Å². The molecule has 134 valence electrons. The summed E-state index contributed by atoms with van der Waals surface area (Å²) in [5.41, 5.74) is 2.70. The second-order valence-corrected chi connectivity index (χ2v) is 5.70. The molecular weight excluding hydrogens is 332 g/mol. The highest BCUT2D eigenvalue weighted by Gasteiger charge is 2.18. The monoisotopic (exact) mass is 352 g/mol. The van der Waals surface area contributed by atoms with Crippen LogP contribution in [0.5, 0.6) is 0 Å². The van der Waals surface area contributed by atoms with Gasteiger partial charge in [-0.3, -0.25) is 0 Å². The molecule has 0 aliphatic carbocycles. The molecule has 0 aliphatic heterocycles. The molecule has 2 aromatic carbocycles. The molecule has 3 rings (SSSR count). The fourth-order valence-corrected chi connectivity index (χ4v) is 2.73. The molecule has 0 saturated carbocycles. The Balaban J connectivity index is 1.86. The minimum atomic E-state index is -0.628. The molecule has 0 unspecified atom stereocenters. The van der Waals surface area contributed by atoms with Crippen molar-refractivity contribution in [2.75, 3.05) is 6.61 Å². The van der Waals surface area contributed by atoms with E-state index in [1.807, 2.05) is 54.6 Å². The zero-order chi connectivity index (χ0) is 18.4. The summed E-state index contributed by atoms with van der Waals surface area (Å²) in [6, 6.07) is 17.6. The maximum atomic E-state index is 11.9. The lowest BCUT2D eigenvalue weighted by molar-refractivity contribution is -0.135. The molecule has 0 aliphatic rings. The largest absolute Gasteiger partial charge is 0.461 e. The first-order valence-electron chi connectivity index (χ1n) is 8.37. The van der Waals surface area contributed by atoms with Crippen LogP contribution >= 0.6 is 0 Å². The van der Waals surface area contributed by atoms with Gasteiger partial charge < -0.3 is 14.8 Å². The number of rotatable bonds is 7. The molecule has 1 heterocycles. The predicted octanol–water partition coefficient (Wildman–Crippen LogP) is 3.21. The normalized spacial score (nSPS) is 11.5. The molecule has 0 atom stereocenters. The van der Waals surface area contributed by atoms with E-state index >= 15 is 0 Å². The second kappa shape index (κ2) is 8.20. The number of oxime groups is 1. The maximum absolute atomic E-state index is 11.9. The maximum Gasteiger partial charge on any atom is 0.356 e. The molecule has 1 N–H and O–H groups in total. The first-order valence-corrected chi connectivity index (χ1v) is 8.37. The van der Waals surface area contributed by atoms with Crippen LogP contribution < -0.4 is 4.84 Å². The summed E-state index contributed by atoms with van der Waals surface area (Å²) in [5.74, 6) is -0.628. The number of aromatic nitrogens is 1. The van der Waals surface area contributed by atoms with Crippen molar-refractivity contribution in [1.29, 1.82) is 0 Å².